The van der Waals surface area contributed by atoms with E-state index in [9.17, 15) is 0 Å². The summed E-state index contributed by atoms with van der Waals surface area (Å²) in [6.45, 7) is 23.2. The summed E-state index contributed by atoms with van der Waals surface area (Å²) in [7, 11) is 0.300. The number of fused-ring (bicyclic) bond motifs is 3. The zero-order valence-electron chi connectivity index (χ0n) is 23.2. The largest absolute Gasteiger partial charge is 4.00 e. The van der Waals surface area contributed by atoms with Crippen LogP contribution in [0.2, 0.25) is 26.2 Å². The molecule has 188 valence electrons. The molecule has 0 N–H and O–H groups in total. The van der Waals surface area contributed by atoms with E-state index in [-0.39, 0.29) is 78.5 Å². The van der Waals surface area contributed by atoms with Crippen molar-refractivity contribution in [1.82, 2.24) is 0 Å². The van der Waals surface area contributed by atoms with Gasteiger partial charge >= 0.3 is 26.2 Å². The number of benzene rings is 2. The summed E-state index contributed by atoms with van der Waals surface area (Å²) in [5, 5.41) is 5.48. The number of hydrogen-bond acceptors (Lipinski definition) is 0. The summed E-state index contributed by atoms with van der Waals surface area (Å²) in [6, 6.07) is 16.2. The maximum absolute atomic E-state index is 2.99. The fourth-order valence-corrected chi connectivity index (χ4v) is 3.30. The predicted molar refractivity (Wildman–Crippen MR) is 151 cm³/mol. The van der Waals surface area contributed by atoms with Gasteiger partial charge in [0.05, 0.1) is 0 Å². The summed E-state index contributed by atoms with van der Waals surface area (Å²) in [5.41, 5.74) is 3.21. The van der Waals surface area contributed by atoms with Gasteiger partial charge in [0, 0.05) is 16.6 Å². The van der Waals surface area contributed by atoms with Gasteiger partial charge < -0.3 is 24.8 Å². The fraction of sp³-hybridized carbons (Fsp3) is 0.433. The predicted octanol–water partition coefficient (Wildman–Crippen LogP) is 3.19. The first kappa shape index (κ1) is 36.8. The van der Waals surface area contributed by atoms with Crippen LogP contribution in [-0.2, 0) is 37.0 Å². The molecule has 0 bridgehead atoms. The number of halogens is 2. The van der Waals surface area contributed by atoms with Crippen molar-refractivity contribution in [3.63, 3.8) is 0 Å². The monoisotopic (exact) mass is 618 g/mol. The van der Waals surface area contributed by atoms with E-state index in [0.29, 0.717) is 0 Å². The molecule has 5 heteroatoms. The Bertz CT molecular complexity index is 997. The van der Waals surface area contributed by atoms with Crippen molar-refractivity contribution in [3.8, 4) is 0 Å². The van der Waals surface area contributed by atoms with Crippen molar-refractivity contribution in [2.24, 2.45) is 0 Å². The van der Waals surface area contributed by atoms with Crippen LogP contribution in [-0.4, -0.2) is 16.6 Å². The van der Waals surface area contributed by atoms with Crippen LogP contribution in [0.5, 0.6) is 0 Å². The van der Waals surface area contributed by atoms with E-state index in [2.05, 4.69) is 122 Å². The number of hydrogen-bond donors (Lipinski definition) is 0. The van der Waals surface area contributed by atoms with Gasteiger partial charge in [0.2, 0.25) is 0 Å². The molecular formula is C30H42Cl2Si2Zr. The van der Waals surface area contributed by atoms with Crippen molar-refractivity contribution in [2.45, 2.75) is 85.0 Å². The third-order valence-corrected chi connectivity index (χ3v) is 14.0. The summed E-state index contributed by atoms with van der Waals surface area (Å²) in [5.74, 6) is 0. The molecular weight excluding hydrogens is 579 g/mol. The van der Waals surface area contributed by atoms with Crippen molar-refractivity contribution in [3.05, 3.63) is 77.9 Å². The molecule has 2 radical (unpaired) electrons. The average Bonchev–Trinajstić information content (AvgIpc) is 3.37. The Labute approximate surface area is 250 Å². The second-order valence-electron chi connectivity index (χ2n) is 11.3. The zero-order valence-corrected chi connectivity index (χ0v) is 29.2. The van der Waals surface area contributed by atoms with Gasteiger partial charge in [0.1, 0.15) is 0 Å². The van der Waals surface area contributed by atoms with Gasteiger partial charge in [-0.15, -0.1) is 46.2 Å². The second-order valence-corrected chi connectivity index (χ2v) is 21.3. The minimum Gasteiger partial charge on any atom is -1.00 e. The van der Waals surface area contributed by atoms with Gasteiger partial charge in [-0.3, -0.25) is 6.08 Å². The second kappa shape index (κ2) is 15.8. The van der Waals surface area contributed by atoms with E-state index in [1.807, 2.05) is 12.2 Å². The third kappa shape index (κ3) is 11.3. The Morgan fingerprint density at radius 1 is 0.714 bits per heavy atom. The van der Waals surface area contributed by atoms with Gasteiger partial charge in [0.15, 0.2) is 0 Å². The molecule has 0 aromatic heterocycles. The summed E-state index contributed by atoms with van der Waals surface area (Å²) in [4.78, 5) is 0. The van der Waals surface area contributed by atoms with Crippen LogP contribution in [0.4, 0.5) is 0 Å². The Kier molecular flexibility index (Phi) is 16.7. The van der Waals surface area contributed by atoms with Crippen molar-refractivity contribution in [2.75, 3.05) is 0 Å². The Balaban J connectivity index is 0. The quantitative estimate of drug-likeness (QED) is 0.290. The van der Waals surface area contributed by atoms with Gasteiger partial charge in [-0.1, -0.05) is 103 Å². The smallest absolute Gasteiger partial charge is 1.00 e. The van der Waals surface area contributed by atoms with Gasteiger partial charge in [-0.25, -0.2) is 12.2 Å². The van der Waals surface area contributed by atoms with Crippen molar-refractivity contribution < 1.29 is 51.0 Å². The third-order valence-electron chi connectivity index (χ3n) is 6.02. The molecule has 0 unspecified atom stereocenters. The molecule has 0 fully saturated rings. The molecule has 3 aromatic carbocycles. The molecule has 0 saturated carbocycles. The first-order valence-corrected chi connectivity index (χ1v) is 17.8. The Morgan fingerprint density at radius 2 is 1.11 bits per heavy atom. The maximum atomic E-state index is 2.99. The summed E-state index contributed by atoms with van der Waals surface area (Å²) >= 11 is 0. The topological polar surface area (TPSA) is 0 Å². The SMILES string of the molecule is CC(C)(C)c1ccc2c(c1)[cH-]c1cc(C(C)(C)C)ccc12.C[Si](C)[Si](C)C.[C-]1=CC=CC1.[Cl-].[Cl-].[Zr+4]. The molecule has 3 aromatic rings. The van der Waals surface area contributed by atoms with Gasteiger partial charge in [-0.2, -0.15) is 6.08 Å². The molecule has 0 heterocycles. The van der Waals surface area contributed by atoms with Gasteiger partial charge in [0.25, 0.3) is 0 Å². The molecule has 1 aliphatic rings. The molecule has 35 heavy (non-hydrogen) atoms. The van der Waals surface area contributed by atoms with Crippen LogP contribution in [0.1, 0.15) is 59.1 Å². The molecule has 0 aliphatic heterocycles. The Hall–Kier alpha value is -0.313. The number of allylic oxidation sites excluding steroid dienone is 4. The fourth-order valence-electron chi connectivity index (χ4n) is 3.30. The summed E-state index contributed by atoms with van der Waals surface area (Å²) < 4.78 is 0. The molecule has 0 atom stereocenters. The van der Waals surface area contributed by atoms with Crippen molar-refractivity contribution >= 4 is 38.2 Å². The van der Waals surface area contributed by atoms with E-state index in [1.165, 1.54) is 32.7 Å². The van der Waals surface area contributed by atoms with Crippen LogP contribution in [0, 0.1) is 6.08 Å². The molecule has 4 rings (SSSR count). The van der Waals surface area contributed by atoms with E-state index < -0.39 is 0 Å². The van der Waals surface area contributed by atoms with Crippen LogP contribution < -0.4 is 24.8 Å². The van der Waals surface area contributed by atoms with E-state index in [1.54, 1.807) is 0 Å². The molecule has 0 saturated heterocycles. The first-order valence-electron chi connectivity index (χ1n) is 11.8. The van der Waals surface area contributed by atoms with E-state index >= 15 is 0 Å². The zero-order chi connectivity index (χ0) is 24.1. The standard InChI is InChI=1S/C21H25.C5H5.C4H12Si2.2ClH.Zr/c1-20(2,3)16-7-9-18-14(12-16)11-15-13-17(21(4,5)6)8-10-19(15)18;1-2-4-5-3-1;1-5(2)6(3)4;;;/h7-13H,1-6H3;1-3H,4H2;1-4H3;2*1H;/q2*-1;;;;+4/p-2. The minimum atomic E-state index is 0. The number of rotatable bonds is 1. The Morgan fingerprint density at radius 3 is 1.34 bits per heavy atom. The normalized spacial score (nSPS) is 12.3. The summed E-state index contributed by atoms with van der Waals surface area (Å²) in [6.07, 6.45) is 10.0. The van der Waals surface area contributed by atoms with Crippen LogP contribution >= 0.6 is 0 Å². The van der Waals surface area contributed by atoms with Crippen molar-refractivity contribution in [1.29, 1.82) is 0 Å². The van der Waals surface area contributed by atoms with E-state index in [4.69, 9.17) is 0 Å². The van der Waals surface area contributed by atoms with Gasteiger partial charge in [-0.05, 0) is 10.8 Å². The first-order chi connectivity index (χ1) is 14.8. The molecule has 1 aliphatic carbocycles. The van der Waals surface area contributed by atoms with E-state index in [0.717, 1.165) is 6.42 Å². The van der Waals surface area contributed by atoms with Crippen LogP contribution in [0.15, 0.2) is 60.7 Å². The minimum absolute atomic E-state index is 0. The van der Waals surface area contributed by atoms with Crippen LogP contribution in [0.25, 0.3) is 21.5 Å². The molecule has 0 spiro atoms. The van der Waals surface area contributed by atoms with Crippen LogP contribution in [0.3, 0.4) is 0 Å². The molecule has 0 amide bonds. The molecule has 0 nitrogen and oxygen atoms in total. The average molecular weight is 621 g/mol. The maximum Gasteiger partial charge on any atom is 4.00 e.